The molecule has 0 fully saturated rings. The van der Waals surface area contributed by atoms with E-state index in [0.29, 0.717) is 19.3 Å². The molecule has 0 aliphatic heterocycles. The normalized spacial score (nSPS) is 13.5. The van der Waals surface area contributed by atoms with Gasteiger partial charge in [-0.1, -0.05) is 218 Å². The van der Waals surface area contributed by atoms with Crippen LogP contribution in [-0.2, 0) is 14.3 Å². The largest absolute Gasteiger partial charge is 0.462 e. The molecule has 352 valence electrons. The summed E-state index contributed by atoms with van der Waals surface area (Å²) in [6, 6.07) is -0.706. The molecule has 6 heteroatoms. The van der Waals surface area contributed by atoms with E-state index in [0.717, 1.165) is 70.6 Å². The van der Waals surface area contributed by atoms with Crippen molar-refractivity contribution in [2.45, 2.75) is 289 Å². The van der Waals surface area contributed by atoms with E-state index in [4.69, 9.17) is 4.74 Å². The number of nitrogens with one attached hydrogen (secondary N) is 1. The fourth-order valence-corrected chi connectivity index (χ4v) is 7.95. The Balaban J connectivity index is 4.61. The van der Waals surface area contributed by atoms with Crippen molar-refractivity contribution in [3.05, 3.63) is 36.5 Å². The number of esters is 1. The van der Waals surface area contributed by atoms with Crippen molar-refractivity contribution in [2.75, 3.05) is 6.61 Å². The van der Waals surface area contributed by atoms with Crippen molar-refractivity contribution in [3.63, 3.8) is 0 Å². The molecule has 3 unspecified atom stereocenters. The van der Waals surface area contributed by atoms with Crippen LogP contribution in [0.4, 0.5) is 0 Å². The number of hydrogen-bond donors (Lipinski definition) is 3. The summed E-state index contributed by atoms with van der Waals surface area (Å²) in [5, 5.41) is 23.8. The maximum absolute atomic E-state index is 13.2. The van der Waals surface area contributed by atoms with E-state index in [1.807, 2.05) is 0 Å². The predicted octanol–water partition coefficient (Wildman–Crippen LogP) is 15.7. The first-order valence-corrected chi connectivity index (χ1v) is 26.2. The van der Waals surface area contributed by atoms with Gasteiger partial charge in [0.1, 0.15) is 6.10 Å². The van der Waals surface area contributed by atoms with Crippen LogP contribution in [0.25, 0.3) is 0 Å². The van der Waals surface area contributed by atoms with Gasteiger partial charge >= 0.3 is 5.97 Å². The number of unbranched alkanes of at least 4 members (excludes halogenated alkanes) is 30. The number of aliphatic hydroxyl groups excluding tert-OH is 2. The SMILES string of the molecule is CCCCC/C=C/C=C/CCCCCCCCC(=O)OC(CCCCC/C=C/CCCCCCCCC)CC(=O)NC(CO)C(O)CCCCCCCCCCCCCC. The molecule has 0 saturated heterocycles. The van der Waals surface area contributed by atoms with Crippen LogP contribution >= 0.6 is 0 Å². The van der Waals surface area contributed by atoms with Crippen molar-refractivity contribution < 1.29 is 24.5 Å². The Labute approximate surface area is 373 Å². The summed E-state index contributed by atoms with van der Waals surface area (Å²) >= 11 is 0. The summed E-state index contributed by atoms with van der Waals surface area (Å²) < 4.78 is 5.93. The second-order valence-electron chi connectivity index (χ2n) is 17.9. The molecule has 0 heterocycles. The van der Waals surface area contributed by atoms with Crippen molar-refractivity contribution in [1.82, 2.24) is 5.32 Å². The van der Waals surface area contributed by atoms with Crippen LogP contribution in [0.5, 0.6) is 0 Å². The zero-order valence-electron chi connectivity index (χ0n) is 40.1. The Morgan fingerprint density at radius 3 is 1.33 bits per heavy atom. The fraction of sp³-hybridized carbons (Fsp3) is 0.852. The maximum Gasteiger partial charge on any atom is 0.306 e. The average molecular weight is 844 g/mol. The molecule has 0 aliphatic carbocycles. The fourth-order valence-electron chi connectivity index (χ4n) is 7.95. The lowest BCUT2D eigenvalue weighted by atomic mass is 10.0. The van der Waals surface area contributed by atoms with E-state index >= 15 is 0 Å². The van der Waals surface area contributed by atoms with Crippen LogP contribution in [0.3, 0.4) is 0 Å². The number of carbonyl (C=O) groups excluding carboxylic acids is 2. The van der Waals surface area contributed by atoms with Gasteiger partial charge < -0.3 is 20.3 Å². The number of rotatable bonds is 47. The van der Waals surface area contributed by atoms with Crippen LogP contribution in [0.2, 0.25) is 0 Å². The van der Waals surface area contributed by atoms with Gasteiger partial charge in [0.25, 0.3) is 0 Å². The third kappa shape index (κ3) is 42.8. The number of hydrogen-bond acceptors (Lipinski definition) is 5. The Morgan fingerprint density at radius 1 is 0.483 bits per heavy atom. The maximum atomic E-state index is 13.2. The molecular weight excluding hydrogens is 743 g/mol. The van der Waals surface area contributed by atoms with Crippen LogP contribution in [-0.4, -0.2) is 46.9 Å². The summed E-state index contributed by atoms with van der Waals surface area (Å²) in [6.45, 7) is 6.45. The lowest BCUT2D eigenvalue weighted by molar-refractivity contribution is -0.151. The highest BCUT2D eigenvalue weighted by atomic mass is 16.5. The minimum Gasteiger partial charge on any atom is -0.462 e. The summed E-state index contributed by atoms with van der Waals surface area (Å²) in [5.74, 6) is -0.494. The molecule has 3 atom stereocenters. The first-order chi connectivity index (χ1) is 29.5. The quantitative estimate of drug-likeness (QED) is 0.0245. The van der Waals surface area contributed by atoms with Gasteiger partial charge in [-0.15, -0.1) is 0 Å². The summed E-state index contributed by atoms with van der Waals surface area (Å²) in [5.41, 5.74) is 0. The Kier molecular flexibility index (Phi) is 46.6. The number of ether oxygens (including phenoxy) is 1. The minimum absolute atomic E-state index is 0.0645. The molecule has 0 saturated carbocycles. The van der Waals surface area contributed by atoms with Crippen LogP contribution in [0, 0.1) is 0 Å². The smallest absolute Gasteiger partial charge is 0.306 e. The molecule has 0 spiro atoms. The van der Waals surface area contributed by atoms with E-state index in [2.05, 4.69) is 62.5 Å². The lowest BCUT2D eigenvalue weighted by Crippen LogP contribution is -2.46. The molecule has 60 heavy (non-hydrogen) atoms. The predicted molar refractivity (Wildman–Crippen MR) is 259 cm³/mol. The highest BCUT2D eigenvalue weighted by molar-refractivity contribution is 5.77. The van der Waals surface area contributed by atoms with Gasteiger partial charge in [0.15, 0.2) is 0 Å². The highest BCUT2D eigenvalue weighted by Gasteiger charge is 2.24. The highest BCUT2D eigenvalue weighted by Crippen LogP contribution is 2.18. The van der Waals surface area contributed by atoms with Crippen LogP contribution < -0.4 is 5.32 Å². The minimum atomic E-state index is -0.791. The molecule has 0 aromatic carbocycles. The molecular formula is C54H101NO5. The molecule has 0 aliphatic rings. The van der Waals surface area contributed by atoms with E-state index < -0.39 is 18.2 Å². The Morgan fingerprint density at radius 2 is 0.850 bits per heavy atom. The molecule has 6 nitrogen and oxygen atoms in total. The van der Waals surface area contributed by atoms with Gasteiger partial charge in [-0.2, -0.15) is 0 Å². The number of amides is 1. The van der Waals surface area contributed by atoms with Gasteiger partial charge in [0.05, 0.1) is 25.2 Å². The van der Waals surface area contributed by atoms with Crippen LogP contribution in [0.15, 0.2) is 36.5 Å². The Hall–Kier alpha value is -1.92. The number of carbonyl (C=O) groups is 2. The summed E-state index contributed by atoms with van der Waals surface area (Å²) in [4.78, 5) is 26.1. The van der Waals surface area contributed by atoms with Gasteiger partial charge in [0, 0.05) is 6.42 Å². The third-order valence-electron chi connectivity index (χ3n) is 12.0. The molecule has 1 amide bonds. The standard InChI is InChI=1S/C54H101NO5/c1-4-7-10-13-16-19-22-25-27-29-32-35-38-41-44-47-54(59)60-50(45-42-39-36-33-30-28-26-23-20-17-14-11-8-5-2)48-53(58)55-51(49-56)52(57)46-43-40-37-34-31-24-21-18-15-12-9-6-3/h16,19,22,25,28,30,50-52,56-57H,4-15,17-18,20-21,23-24,26-27,29,31-49H2,1-3H3,(H,55,58)/b19-16+,25-22+,30-28+. The summed E-state index contributed by atoms with van der Waals surface area (Å²) in [7, 11) is 0. The zero-order valence-corrected chi connectivity index (χ0v) is 40.1. The lowest BCUT2D eigenvalue weighted by Gasteiger charge is -2.24. The molecule has 0 aromatic heterocycles. The molecule has 3 N–H and O–H groups in total. The van der Waals surface area contributed by atoms with Crippen LogP contribution in [0.1, 0.15) is 271 Å². The molecule has 0 aromatic rings. The van der Waals surface area contributed by atoms with Gasteiger partial charge in [-0.25, -0.2) is 0 Å². The topological polar surface area (TPSA) is 95.9 Å². The first-order valence-electron chi connectivity index (χ1n) is 26.2. The van der Waals surface area contributed by atoms with Crippen molar-refractivity contribution in [1.29, 1.82) is 0 Å². The monoisotopic (exact) mass is 844 g/mol. The van der Waals surface area contributed by atoms with Crippen molar-refractivity contribution in [3.8, 4) is 0 Å². The van der Waals surface area contributed by atoms with E-state index in [1.54, 1.807) is 0 Å². The number of aliphatic hydroxyl groups is 2. The molecule has 0 rings (SSSR count). The van der Waals surface area contributed by atoms with Gasteiger partial charge in [-0.05, 0) is 77.0 Å². The van der Waals surface area contributed by atoms with E-state index in [-0.39, 0.29) is 24.9 Å². The van der Waals surface area contributed by atoms with Gasteiger partial charge in [-0.3, -0.25) is 9.59 Å². The number of allylic oxidation sites excluding steroid dienone is 6. The van der Waals surface area contributed by atoms with Crippen molar-refractivity contribution >= 4 is 11.9 Å². The average Bonchev–Trinajstić information content (AvgIpc) is 3.24. The zero-order chi connectivity index (χ0) is 43.8. The molecule has 0 bridgehead atoms. The van der Waals surface area contributed by atoms with Gasteiger partial charge in [0.2, 0.25) is 5.91 Å². The van der Waals surface area contributed by atoms with E-state index in [9.17, 15) is 19.8 Å². The van der Waals surface area contributed by atoms with Crippen molar-refractivity contribution in [2.24, 2.45) is 0 Å². The summed E-state index contributed by atoms with van der Waals surface area (Å²) in [6.07, 6.45) is 56.3. The second kappa shape index (κ2) is 48.1. The third-order valence-corrected chi connectivity index (χ3v) is 12.0. The molecule has 0 radical (unpaired) electrons. The Bertz CT molecular complexity index is 993. The first kappa shape index (κ1) is 58.1. The van der Waals surface area contributed by atoms with E-state index in [1.165, 1.54) is 154 Å². The second-order valence-corrected chi connectivity index (χ2v) is 17.9.